The highest BCUT2D eigenvalue weighted by atomic mass is 32.2. The number of allylic oxidation sites excluding steroid dienone is 1. The van der Waals surface area contributed by atoms with Crippen molar-refractivity contribution in [2.24, 2.45) is 0 Å². The molecular formula is C9H10F2OS. The Hall–Kier alpha value is -0.770. The smallest absolute Gasteiger partial charge is 0.266 e. The molecule has 0 fully saturated rings. The lowest BCUT2D eigenvalue weighted by Gasteiger charge is -1.92. The molecule has 1 aromatic heterocycles. The maximum absolute atomic E-state index is 11.6. The van der Waals surface area contributed by atoms with E-state index in [0.29, 0.717) is 12.2 Å². The maximum atomic E-state index is 11.6. The minimum absolute atomic E-state index is 0.368. The van der Waals surface area contributed by atoms with Crippen LogP contribution in [0.2, 0.25) is 0 Å². The quantitative estimate of drug-likeness (QED) is 0.546. The highest BCUT2D eigenvalue weighted by Crippen LogP contribution is 2.21. The number of hydrogen-bond acceptors (Lipinski definition) is 2. The molecule has 1 nitrogen and oxygen atoms in total. The topological polar surface area (TPSA) is 13.1 Å². The van der Waals surface area contributed by atoms with Crippen molar-refractivity contribution in [2.75, 3.05) is 5.75 Å². The molecule has 0 aliphatic rings. The van der Waals surface area contributed by atoms with Gasteiger partial charge in [0.05, 0.1) is 0 Å². The number of rotatable bonds is 4. The van der Waals surface area contributed by atoms with Gasteiger partial charge in [0.25, 0.3) is 6.08 Å². The Bertz CT molecular complexity index is 290. The lowest BCUT2D eigenvalue weighted by molar-refractivity contribution is 0.418. The van der Waals surface area contributed by atoms with Crippen molar-refractivity contribution in [1.29, 1.82) is 0 Å². The highest BCUT2D eigenvalue weighted by molar-refractivity contribution is 7.99. The molecule has 4 heteroatoms. The van der Waals surface area contributed by atoms with Crippen LogP contribution in [0.15, 0.2) is 33.8 Å². The molecule has 0 unspecified atom stereocenters. The number of furan rings is 1. The monoisotopic (exact) mass is 204 g/mol. The molecule has 1 rings (SSSR count). The zero-order valence-electron chi connectivity index (χ0n) is 7.22. The Morgan fingerprint density at radius 3 is 2.85 bits per heavy atom. The summed E-state index contributed by atoms with van der Waals surface area (Å²) in [5, 5.41) is 0.783. The van der Waals surface area contributed by atoms with Crippen molar-refractivity contribution in [3.05, 3.63) is 30.0 Å². The summed E-state index contributed by atoms with van der Waals surface area (Å²) in [5.74, 6) is 1.46. The van der Waals surface area contributed by atoms with Gasteiger partial charge in [-0.15, -0.1) is 0 Å². The van der Waals surface area contributed by atoms with Gasteiger partial charge in [0.2, 0.25) is 0 Å². The van der Waals surface area contributed by atoms with Gasteiger partial charge < -0.3 is 4.42 Å². The molecule has 0 N–H and O–H groups in total. The summed E-state index contributed by atoms with van der Waals surface area (Å²) in [4.78, 5) is 0. The van der Waals surface area contributed by atoms with Crippen molar-refractivity contribution in [1.82, 2.24) is 0 Å². The molecule has 0 atom stereocenters. The van der Waals surface area contributed by atoms with Crippen LogP contribution in [0.5, 0.6) is 0 Å². The number of thioether (sulfide) groups is 1. The van der Waals surface area contributed by atoms with Crippen LogP contribution < -0.4 is 0 Å². The minimum atomic E-state index is -1.61. The van der Waals surface area contributed by atoms with E-state index in [9.17, 15) is 8.78 Å². The zero-order chi connectivity index (χ0) is 9.68. The van der Waals surface area contributed by atoms with Crippen LogP contribution in [0.4, 0.5) is 8.78 Å². The number of hydrogen-bond donors (Lipinski definition) is 0. The van der Waals surface area contributed by atoms with Crippen LogP contribution >= 0.6 is 11.8 Å². The molecule has 0 aliphatic carbocycles. The average molecular weight is 204 g/mol. The second-order valence-corrected chi connectivity index (χ2v) is 3.60. The van der Waals surface area contributed by atoms with Crippen LogP contribution in [-0.4, -0.2) is 5.75 Å². The van der Waals surface area contributed by atoms with Crippen LogP contribution in [0.1, 0.15) is 12.2 Å². The zero-order valence-corrected chi connectivity index (χ0v) is 8.04. The van der Waals surface area contributed by atoms with E-state index in [2.05, 4.69) is 0 Å². The van der Waals surface area contributed by atoms with Gasteiger partial charge >= 0.3 is 0 Å². The summed E-state index contributed by atoms with van der Waals surface area (Å²) < 4.78 is 28.4. The van der Waals surface area contributed by atoms with E-state index < -0.39 is 6.08 Å². The summed E-state index contributed by atoms with van der Waals surface area (Å²) >= 11 is 1.44. The van der Waals surface area contributed by atoms with E-state index in [1.165, 1.54) is 11.8 Å². The first-order valence-corrected chi connectivity index (χ1v) is 4.87. The molecule has 0 saturated heterocycles. The molecule has 0 amide bonds. The number of aryl methyl sites for hydroxylation is 1. The highest BCUT2D eigenvalue weighted by Gasteiger charge is 1.98. The SMILES string of the molecule is Cc1ccc(SCCC=C(F)F)o1. The van der Waals surface area contributed by atoms with Crippen molar-refractivity contribution in [3.63, 3.8) is 0 Å². The second kappa shape index (κ2) is 5.07. The standard InChI is InChI=1S/C9H10F2OS/c1-7-4-5-9(12-7)13-6-2-3-8(10)11/h3-5H,2,6H2,1H3. The minimum Gasteiger partial charge on any atom is -0.455 e. The summed E-state index contributed by atoms with van der Waals surface area (Å²) in [6, 6.07) is 3.70. The fourth-order valence-electron chi connectivity index (χ4n) is 0.817. The molecule has 0 radical (unpaired) electrons. The molecule has 13 heavy (non-hydrogen) atoms. The molecule has 0 aromatic carbocycles. The molecule has 0 spiro atoms. The lowest BCUT2D eigenvalue weighted by atomic mass is 10.5. The summed E-state index contributed by atoms with van der Waals surface area (Å²) in [6.07, 6.45) is -0.327. The van der Waals surface area contributed by atoms with Crippen LogP contribution in [-0.2, 0) is 0 Å². The van der Waals surface area contributed by atoms with Crippen molar-refractivity contribution in [2.45, 2.75) is 18.4 Å². The predicted molar refractivity (Wildman–Crippen MR) is 49.1 cm³/mol. The van der Waals surface area contributed by atoms with E-state index in [4.69, 9.17) is 4.42 Å². The Morgan fingerprint density at radius 1 is 1.54 bits per heavy atom. The number of halogens is 2. The lowest BCUT2D eigenvalue weighted by Crippen LogP contribution is -1.74. The van der Waals surface area contributed by atoms with Gasteiger partial charge in [0.1, 0.15) is 5.76 Å². The Balaban J connectivity index is 2.24. The first-order chi connectivity index (χ1) is 6.18. The Morgan fingerprint density at radius 2 is 2.31 bits per heavy atom. The third kappa shape index (κ3) is 4.12. The predicted octanol–water partition coefficient (Wildman–Crippen LogP) is 3.85. The largest absolute Gasteiger partial charge is 0.455 e. The molecule has 72 valence electrons. The summed E-state index contributed by atoms with van der Waals surface area (Å²) in [7, 11) is 0. The Kier molecular flexibility index (Phi) is 4.02. The second-order valence-electron chi connectivity index (χ2n) is 2.50. The maximum Gasteiger partial charge on any atom is 0.266 e. The van der Waals surface area contributed by atoms with Crippen LogP contribution in [0.3, 0.4) is 0 Å². The van der Waals surface area contributed by atoms with E-state index in [1.54, 1.807) is 0 Å². The first kappa shape index (κ1) is 10.3. The van der Waals surface area contributed by atoms with Gasteiger partial charge in [0.15, 0.2) is 5.09 Å². The molecule has 0 saturated carbocycles. The van der Waals surface area contributed by atoms with Gasteiger partial charge in [0, 0.05) is 5.75 Å². The van der Waals surface area contributed by atoms with Crippen LogP contribution in [0.25, 0.3) is 0 Å². The van der Waals surface area contributed by atoms with Gasteiger partial charge in [-0.2, -0.15) is 8.78 Å². The fraction of sp³-hybridized carbons (Fsp3) is 0.333. The molecule has 0 aliphatic heterocycles. The fourth-order valence-corrected chi connectivity index (χ4v) is 1.61. The van der Waals surface area contributed by atoms with Crippen molar-refractivity contribution >= 4 is 11.8 Å². The third-order valence-electron chi connectivity index (χ3n) is 1.38. The van der Waals surface area contributed by atoms with E-state index in [-0.39, 0.29) is 0 Å². The van der Waals surface area contributed by atoms with Gasteiger partial charge in [-0.3, -0.25) is 0 Å². The van der Waals surface area contributed by atoms with Crippen molar-refractivity contribution in [3.8, 4) is 0 Å². The summed E-state index contributed by atoms with van der Waals surface area (Å²) in [6.45, 7) is 1.85. The average Bonchev–Trinajstić information content (AvgIpc) is 2.45. The molecule has 1 aromatic rings. The van der Waals surface area contributed by atoms with Crippen LogP contribution in [0, 0.1) is 6.92 Å². The first-order valence-electron chi connectivity index (χ1n) is 3.89. The van der Waals surface area contributed by atoms with Crippen molar-refractivity contribution < 1.29 is 13.2 Å². The van der Waals surface area contributed by atoms with Gasteiger partial charge in [-0.25, -0.2) is 0 Å². The summed E-state index contributed by atoms with van der Waals surface area (Å²) in [5.41, 5.74) is 0. The third-order valence-corrected chi connectivity index (χ3v) is 2.32. The van der Waals surface area contributed by atoms with Gasteiger partial charge in [-0.05, 0) is 31.6 Å². The van der Waals surface area contributed by atoms with Gasteiger partial charge in [-0.1, -0.05) is 11.8 Å². The molecule has 1 heterocycles. The normalized spacial score (nSPS) is 10.1. The van der Waals surface area contributed by atoms with E-state index >= 15 is 0 Å². The van der Waals surface area contributed by atoms with E-state index in [1.807, 2.05) is 19.1 Å². The molecular weight excluding hydrogens is 194 g/mol. The Labute approximate surface area is 79.8 Å². The van der Waals surface area contributed by atoms with E-state index in [0.717, 1.165) is 16.9 Å². The molecule has 0 bridgehead atoms.